The summed E-state index contributed by atoms with van der Waals surface area (Å²) in [6.45, 7) is -1.02. The number of halogens is 2. The van der Waals surface area contributed by atoms with Crippen LogP contribution in [0.1, 0.15) is 29.6 Å². The number of rotatable bonds is 5. The minimum atomic E-state index is -3.01. The molecule has 0 aliphatic carbocycles. The van der Waals surface area contributed by atoms with Gasteiger partial charge in [0.25, 0.3) is 5.91 Å². The van der Waals surface area contributed by atoms with Crippen molar-refractivity contribution in [3.05, 3.63) is 29.8 Å². The number of nitrogens with zero attached hydrogens (tertiary/aromatic N) is 1. The summed E-state index contributed by atoms with van der Waals surface area (Å²) in [5.41, 5.74) is 0.0463. The standard InChI is InChI=1S/C17H21F2N3O3/c18-17(19)25-14-6-2-1-4-12(14)16(24)22-9-3-5-13(22)15(23)21-11-7-8-20-10-11/h1-2,4,6,11,13,17,20H,3,5,7-10H2,(H,21,23). The van der Waals surface area contributed by atoms with Crippen molar-refractivity contribution < 1.29 is 23.1 Å². The van der Waals surface area contributed by atoms with Gasteiger partial charge in [0.1, 0.15) is 11.8 Å². The van der Waals surface area contributed by atoms with Crippen LogP contribution in [-0.2, 0) is 4.79 Å². The van der Waals surface area contributed by atoms with Crippen LogP contribution >= 0.6 is 0 Å². The van der Waals surface area contributed by atoms with E-state index in [0.29, 0.717) is 19.4 Å². The normalized spacial score (nSPS) is 23.1. The monoisotopic (exact) mass is 353 g/mol. The first-order valence-electron chi connectivity index (χ1n) is 8.42. The van der Waals surface area contributed by atoms with E-state index in [9.17, 15) is 18.4 Å². The largest absolute Gasteiger partial charge is 0.434 e. The van der Waals surface area contributed by atoms with E-state index in [1.165, 1.54) is 23.1 Å². The van der Waals surface area contributed by atoms with Crippen molar-refractivity contribution in [3.63, 3.8) is 0 Å². The summed E-state index contributed by atoms with van der Waals surface area (Å²) in [4.78, 5) is 26.8. The molecule has 2 amide bonds. The zero-order valence-corrected chi connectivity index (χ0v) is 13.7. The molecule has 0 radical (unpaired) electrons. The summed E-state index contributed by atoms with van der Waals surface area (Å²) in [5, 5.41) is 6.13. The third-order valence-electron chi connectivity index (χ3n) is 4.56. The number of carbonyl (C=O) groups is 2. The molecule has 2 aliphatic heterocycles. The second-order valence-electron chi connectivity index (χ2n) is 6.23. The van der Waals surface area contributed by atoms with Gasteiger partial charge in [0.05, 0.1) is 5.56 Å². The summed E-state index contributed by atoms with van der Waals surface area (Å²) in [5.74, 6) is -0.821. The van der Waals surface area contributed by atoms with E-state index in [1.807, 2.05) is 0 Å². The van der Waals surface area contributed by atoms with Gasteiger partial charge >= 0.3 is 6.61 Å². The third kappa shape index (κ3) is 4.07. The molecule has 2 saturated heterocycles. The Morgan fingerprint density at radius 3 is 2.80 bits per heavy atom. The number of amides is 2. The molecule has 0 aromatic heterocycles. The van der Waals surface area contributed by atoms with Crippen LogP contribution in [0.25, 0.3) is 0 Å². The van der Waals surface area contributed by atoms with Gasteiger partial charge in [0, 0.05) is 19.1 Å². The van der Waals surface area contributed by atoms with E-state index < -0.39 is 18.6 Å². The van der Waals surface area contributed by atoms with Crippen molar-refractivity contribution >= 4 is 11.8 Å². The lowest BCUT2D eigenvalue weighted by molar-refractivity contribution is -0.125. The highest BCUT2D eigenvalue weighted by Crippen LogP contribution is 2.26. The average molecular weight is 353 g/mol. The Labute approximate surface area is 144 Å². The van der Waals surface area contributed by atoms with Crippen LogP contribution in [0.5, 0.6) is 5.75 Å². The molecular formula is C17H21F2N3O3. The van der Waals surface area contributed by atoms with Gasteiger partial charge in [0.15, 0.2) is 0 Å². The van der Waals surface area contributed by atoms with Gasteiger partial charge in [-0.3, -0.25) is 9.59 Å². The predicted octanol–water partition coefficient (Wildman–Crippen LogP) is 1.37. The maximum absolute atomic E-state index is 12.8. The van der Waals surface area contributed by atoms with E-state index in [4.69, 9.17) is 0 Å². The fourth-order valence-electron chi connectivity index (χ4n) is 3.35. The smallest absolute Gasteiger partial charge is 0.387 e. The Balaban J connectivity index is 1.73. The quantitative estimate of drug-likeness (QED) is 0.839. The number of alkyl halides is 2. The highest BCUT2D eigenvalue weighted by molar-refractivity contribution is 6.00. The molecule has 2 heterocycles. The van der Waals surface area contributed by atoms with Gasteiger partial charge in [-0.1, -0.05) is 12.1 Å². The third-order valence-corrected chi connectivity index (χ3v) is 4.56. The summed E-state index contributed by atoms with van der Waals surface area (Å²) >= 11 is 0. The molecule has 25 heavy (non-hydrogen) atoms. The van der Waals surface area contributed by atoms with Crippen LogP contribution in [0.2, 0.25) is 0 Å². The SMILES string of the molecule is O=C(NC1CCNC1)C1CCCN1C(=O)c1ccccc1OC(F)F. The van der Waals surface area contributed by atoms with E-state index in [0.717, 1.165) is 19.5 Å². The van der Waals surface area contributed by atoms with E-state index in [1.54, 1.807) is 6.07 Å². The first-order chi connectivity index (χ1) is 12.1. The second-order valence-corrected chi connectivity index (χ2v) is 6.23. The Bertz CT molecular complexity index is 635. The van der Waals surface area contributed by atoms with Crippen molar-refractivity contribution in [1.82, 2.24) is 15.5 Å². The number of likely N-dealkylation sites (tertiary alicyclic amines) is 1. The molecule has 1 aromatic rings. The van der Waals surface area contributed by atoms with Crippen LogP contribution in [0, 0.1) is 0 Å². The molecular weight excluding hydrogens is 332 g/mol. The zero-order valence-electron chi connectivity index (χ0n) is 13.7. The molecule has 0 bridgehead atoms. The number of hydrogen-bond acceptors (Lipinski definition) is 4. The minimum absolute atomic E-state index is 0.0463. The summed E-state index contributed by atoms with van der Waals surface area (Å²) in [6.07, 6.45) is 2.12. The maximum atomic E-state index is 12.8. The molecule has 2 atom stereocenters. The van der Waals surface area contributed by atoms with Gasteiger partial charge in [-0.25, -0.2) is 0 Å². The van der Waals surface area contributed by atoms with Gasteiger partial charge in [0.2, 0.25) is 5.91 Å². The molecule has 0 saturated carbocycles. The first-order valence-corrected chi connectivity index (χ1v) is 8.42. The van der Waals surface area contributed by atoms with Crippen molar-refractivity contribution in [3.8, 4) is 5.75 Å². The fourth-order valence-corrected chi connectivity index (χ4v) is 3.35. The van der Waals surface area contributed by atoms with Crippen molar-refractivity contribution in [2.24, 2.45) is 0 Å². The molecule has 2 unspecified atom stereocenters. The van der Waals surface area contributed by atoms with E-state index in [2.05, 4.69) is 15.4 Å². The maximum Gasteiger partial charge on any atom is 0.387 e. The lowest BCUT2D eigenvalue weighted by Crippen LogP contribution is -2.49. The lowest BCUT2D eigenvalue weighted by atomic mass is 10.1. The number of benzene rings is 1. The van der Waals surface area contributed by atoms with Gasteiger partial charge in [-0.05, 0) is 37.9 Å². The van der Waals surface area contributed by atoms with Gasteiger partial charge in [-0.2, -0.15) is 8.78 Å². The number of para-hydroxylation sites is 1. The number of nitrogens with one attached hydrogen (secondary N) is 2. The lowest BCUT2D eigenvalue weighted by Gasteiger charge is -2.26. The van der Waals surface area contributed by atoms with Crippen LogP contribution < -0.4 is 15.4 Å². The zero-order chi connectivity index (χ0) is 17.8. The Morgan fingerprint density at radius 2 is 2.08 bits per heavy atom. The molecule has 136 valence electrons. The Hall–Kier alpha value is -2.22. The fraction of sp³-hybridized carbons (Fsp3) is 0.529. The van der Waals surface area contributed by atoms with Gasteiger partial charge < -0.3 is 20.3 Å². The molecule has 6 nitrogen and oxygen atoms in total. The Kier molecular flexibility index (Phi) is 5.47. The summed E-state index contributed by atoms with van der Waals surface area (Å²) in [7, 11) is 0. The van der Waals surface area contributed by atoms with Crippen LogP contribution in [-0.4, -0.2) is 55.0 Å². The highest BCUT2D eigenvalue weighted by atomic mass is 19.3. The van der Waals surface area contributed by atoms with E-state index in [-0.39, 0.29) is 23.3 Å². The molecule has 2 N–H and O–H groups in total. The second kappa shape index (κ2) is 7.77. The summed E-state index contributed by atoms with van der Waals surface area (Å²) in [6, 6.07) is 5.37. The van der Waals surface area contributed by atoms with Gasteiger partial charge in [-0.15, -0.1) is 0 Å². The highest BCUT2D eigenvalue weighted by Gasteiger charge is 2.36. The van der Waals surface area contributed by atoms with Crippen molar-refractivity contribution in [2.45, 2.75) is 38.0 Å². The molecule has 2 fully saturated rings. The van der Waals surface area contributed by atoms with Crippen LogP contribution in [0.15, 0.2) is 24.3 Å². The Morgan fingerprint density at radius 1 is 1.28 bits per heavy atom. The molecule has 0 spiro atoms. The average Bonchev–Trinajstić information content (AvgIpc) is 3.25. The topological polar surface area (TPSA) is 70.7 Å². The van der Waals surface area contributed by atoms with E-state index >= 15 is 0 Å². The molecule has 3 rings (SSSR count). The number of ether oxygens (including phenoxy) is 1. The molecule has 8 heteroatoms. The van der Waals surface area contributed by atoms with Crippen molar-refractivity contribution in [1.29, 1.82) is 0 Å². The summed E-state index contributed by atoms with van der Waals surface area (Å²) < 4.78 is 29.6. The molecule has 1 aromatic carbocycles. The minimum Gasteiger partial charge on any atom is -0.434 e. The number of hydrogen-bond donors (Lipinski definition) is 2. The first kappa shape index (κ1) is 17.6. The van der Waals surface area contributed by atoms with Crippen LogP contribution in [0.4, 0.5) is 8.78 Å². The van der Waals surface area contributed by atoms with Crippen LogP contribution in [0.3, 0.4) is 0 Å². The number of carbonyl (C=O) groups excluding carboxylic acids is 2. The van der Waals surface area contributed by atoms with Crippen molar-refractivity contribution in [2.75, 3.05) is 19.6 Å². The molecule has 2 aliphatic rings. The predicted molar refractivity (Wildman–Crippen MR) is 86.5 cm³/mol.